The Balaban J connectivity index is 2.29. The Labute approximate surface area is 123 Å². The van der Waals surface area contributed by atoms with Gasteiger partial charge in [-0.05, 0) is 30.5 Å². The Morgan fingerprint density at radius 2 is 1.70 bits per heavy atom. The minimum Gasteiger partial charge on any atom is -0.379 e. The monoisotopic (exact) mass is 279 g/mol. The van der Waals surface area contributed by atoms with Crippen LogP contribution in [0, 0.1) is 0 Å². The summed E-state index contributed by atoms with van der Waals surface area (Å²) in [7, 11) is 0. The van der Waals surface area contributed by atoms with Crippen molar-refractivity contribution in [3.8, 4) is 0 Å². The summed E-state index contributed by atoms with van der Waals surface area (Å²) in [5.41, 5.74) is 2.66. The molecule has 3 nitrogen and oxygen atoms in total. The minimum absolute atomic E-state index is 0.536. The second-order valence-corrected chi connectivity index (χ2v) is 5.29. The third kappa shape index (κ3) is 7.63. The van der Waals surface area contributed by atoms with Crippen molar-refractivity contribution >= 4 is 0 Å². The topological polar surface area (TPSA) is 30.5 Å². The Bertz CT molecular complexity index is 353. The predicted octanol–water partition coefficient (Wildman–Crippen LogP) is 3.17. The molecule has 0 aliphatic heterocycles. The van der Waals surface area contributed by atoms with E-state index >= 15 is 0 Å². The SMILES string of the molecule is CCCOCCOCc1ccccc1CCNC(C)C. The van der Waals surface area contributed by atoms with E-state index in [-0.39, 0.29) is 0 Å². The van der Waals surface area contributed by atoms with Crippen LogP contribution in [0.4, 0.5) is 0 Å². The maximum Gasteiger partial charge on any atom is 0.0720 e. The second kappa shape index (κ2) is 10.8. The van der Waals surface area contributed by atoms with Gasteiger partial charge in [-0.15, -0.1) is 0 Å². The van der Waals surface area contributed by atoms with E-state index in [0.29, 0.717) is 25.9 Å². The molecule has 1 aromatic rings. The van der Waals surface area contributed by atoms with Crippen molar-refractivity contribution in [2.45, 2.75) is 46.3 Å². The fourth-order valence-corrected chi connectivity index (χ4v) is 1.98. The van der Waals surface area contributed by atoms with Gasteiger partial charge in [0.2, 0.25) is 0 Å². The smallest absolute Gasteiger partial charge is 0.0720 e. The lowest BCUT2D eigenvalue weighted by Crippen LogP contribution is -2.25. The molecular weight excluding hydrogens is 250 g/mol. The molecule has 0 amide bonds. The van der Waals surface area contributed by atoms with Crippen molar-refractivity contribution in [3.63, 3.8) is 0 Å². The Kier molecular flexibility index (Phi) is 9.29. The van der Waals surface area contributed by atoms with Gasteiger partial charge in [-0.3, -0.25) is 0 Å². The average molecular weight is 279 g/mol. The Hall–Kier alpha value is -0.900. The van der Waals surface area contributed by atoms with Gasteiger partial charge in [0.25, 0.3) is 0 Å². The van der Waals surface area contributed by atoms with Crippen LogP contribution in [0.2, 0.25) is 0 Å². The molecular formula is C17H29NO2. The van der Waals surface area contributed by atoms with Gasteiger partial charge in [0.05, 0.1) is 19.8 Å². The van der Waals surface area contributed by atoms with E-state index in [2.05, 4.69) is 50.4 Å². The maximum absolute atomic E-state index is 5.69. The van der Waals surface area contributed by atoms with Crippen molar-refractivity contribution < 1.29 is 9.47 Å². The standard InChI is InChI=1S/C17H29NO2/c1-4-11-19-12-13-20-14-17-8-6-5-7-16(17)9-10-18-15(2)3/h5-8,15,18H,4,9-14H2,1-3H3. The van der Waals surface area contributed by atoms with E-state index in [1.165, 1.54) is 11.1 Å². The predicted molar refractivity (Wildman–Crippen MR) is 84.1 cm³/mol. The first-order valence-electron chi connectivity index (χ1n) is 7.69. The fourth-order valence-electron chi connectivity index (χ4n) is 1.98. The molecule has 3 heteroatoms. The summed E-state index contributed by atoms with van der Waals surface area (Å²) in [6.45, 7) is 10.3. The summed E-state index contributed by atoms with van der Waals surface area (Å²) >= 11 is 0. The van der Waals surface area contributed by atoms with Gasteiger partial charge in [-0.25, -0.2) is 0 Å². The normalized spacial score (nSPS) is 11.2. The van der Waals surface area contributed by atoms with Crippen molar-refractivity contribution in [3.05, 3.63) is 35.4 Å². The molecule has 0 heterocycles. The molecule has 1 rings (SSSR count). The molecule has 0 unspecified atom stereocenters. The summed E-state index contributed by atoms with van der Waals surface area (Å²) < 4.78 is 11.1. The maximum atomic E-state index is 5.69. The number of ether oxygens (including phenoxy) is 2. The molecule has 0 aliphatic rings. The lowest BCUT2D eigenvalue weighted by Gasteiger charge is -2.12. The number of hydrogen-bond acceptors (Lipinski definition) is 3. The number of hydrogen-bond donors (Lipinski definition) is 1. The van der Waals surface area contributed by atoms with Crippen LogP contribution in [0.25, 0.3) is 0 Å². The highest BCUT2D eigenvalue weighted by Gasteiger charge is 2.02. The zero-order valence-corrected chi connectivity index (χ0v) is 13.2. The van der Waals surface area contributed by atoms with Gasteiger partial charge < -0.3 is 14.8 Å². The van der Waals surface area contributed by atoms with Gasteiger partial charge in [0.1, 0.15) is 0 Å². The van der Waals surface area contributed by atoms with Gasteiger partial charge in [-0.1, -0.05) is 45.0 Å². The molecule has 0 spiro atoms. The average Bonchev–Trinajstić information content (AvgIpc) is 2.44. The van der Waals surface area contributed by atoms with E-state index in [9.17, 15) is 0 Å². The highest BCUT2D eigenvalue weighted by molar-refractivity contribution is 5.26. The molecule has 0 atom stereocenters. The Morgan fingerprint density at radius 3 is 2.40 bits per heavy atom. The third-order valence-corrected chi connectivity index (χ3v) is 3.04. The largest absolute Gasteiger partial charge is 0.379 e. The van der Waals surface area contributed by atoms with Crippen LogP contribution in [-0.4, -0.2) is 32.4 Å². The fraction of sp³-hybridized carbons (Fsp3) is 0.647. The first-order chi connectivity index (χ1) is 9.74. The van der Waals surface area contributed by atoms with Crippen LogP contribution < -0.4 is 5.32 Å². The molecule has 0 saturated carbocycles. The van der Waals surface area contributed by atoms with Crippen LogP contribution in [-0.2, 0) is 22.5 Å². The van der Waals surface area contributed by atoms with Gasteiger partial charge in [0.15, 0.2) is 0 Å². The molecule has 0 bridgehead atoms. The van der Waals surface area contributed by atoms with Crippen LogP contribution in [0.1, 0.15) is 38.3 Å². The van der Waals surface area contributed by atoms with E-state index in [1.807, 2.05) is 0 Å². The van der Waals surface area contributed by atoms with Crippen LogP contribution in [0.3, 0.4) is 0 Å². The molecule has 0 saturated heterocycles. The lowest BCUT2D eigenvalue weighted by atomic mass is 10.1. The number of benzene rings is 1. The summed E-state index contributed by atoms with van der Waals surface area (Å²) in [5.74, 6) is 0. The van der Waals surface area contributed by atoms with Crippen LogP contribution >= 0.6 is 0 Å². The number of rotatable bonds is 11. The van der Waals surface area contributed by atoms with E-state index in [1.54, 1.807) is 0 Å². The molecule has 1 N–H and O–H groups in total. The third-order valence-electron chi connectivity index (χ3n) is 3.04. The highest BCUT2D eigenvalue weighted by Crippen LogP contribution is 2.10. The van der Waals surface area contributed by atoms with Gasteiger partial charge in [-0.2, -0.15) is 0 Å². The van der Waals surface area contributed by atoms with Crippen LogP contribution in [0.5, 0.6) is 0 Å². The van der Waals surface area contributed by atoms with Gasteiger partial charge >= 0.3 is 0 Å². The van der Waals surface area contributed by atoms with Gasteiger partial charge in [0, 0.05) is 12.6 Å². The summed E-state index contributed by atoms with van der Waals surface area (Å²) in [5, 5.41) is 3.45. The molecule has 0 aromatic heterocycles. The number of nitrogens with one attached hydrogen (secondary N) is 1. The first-order valence-corrected chi connectivity index (χ1v) is 7.69. The minimum atomic E-state index is 0.536. The Morgan fingerprint density at radius 1 is 1.00 bits per heavy atom. The first kappa shape index (κ1) is 17.2. The molecule has 0 aliphatic carbocycles. The zero-order valence-electron chi connectivity index (χ0n) is 13.2. The molecule has 1 aromatic carbocycles. The van der Waals surface area contributed by atoms with Crippen molar-refractivity contribution in [1.29, 1.82) is 0 Å². The quantitative estimate of drug-likeness (QED) is 0.631. The molecule has 20 heavy (non-hydrogen) atoms. The molecule has 0 fully saturated rings. The van der Waals surface area contributed by atoms with Crippen LogP contribution in [0.15, 0.2) is 24.3 Å². The summed E-state index contributed by atoms with van der Waals surface area (Å²) in [4.78, 5) is 0. The summed E-state index contributed by atoms with van der Waals surface area (Å²) in [6.07, 6.45) is 2.11. The van der Waals surface area contributed by atoms with Crippen molar-refractivity contribution in [2.24, 2.45) is 0 Å². The molecule has 0 radical (unpaired) electrons. The highest BCUT2D eigenvalue weighted by atomic mass is 16.5. The zero-order chi connectivity index (χ0) is 14.6. The lowest BCUT2D eigenvalue weighted by molar-refractivity contribution is 0.0406. The van der Waals surface area contributed by atoms with Crippen molar-refractivity contribution in [2.75, 3.05) is 26.4 Å². The molecule has 114 valence electrons. The van der Waals surface area contributed by atoms with E-state index in [0.717, 1.165) is 26.0 Å². The van der Waals surface area contributed by atoms with E-state index < -0.39 is 0 Å². The summed E-state index contributed by atoms with van der Waals surface area (Å²) in [6, 6.07) is 9.05. The van der Waals surface area contributed by atoms with E-state index in [4.69, 9.17) is 9.47 Å². The van der Waals surface area contributed by atoms with Crippen molar-refractivity contribution in [1.82, 2.24) is 5.32 Å². The second-order valence-electron chi connectivity index (χ2n) is 5.29.